The standard InChI is InChI=1S/C22H15ClN6O2S.H3N/c23-17-11-19-18(24-21(25-19)32-22-26-27-28-29(22)12-20(30)31)10-16(17)15-8-6-14(7-9-15)13-4-2-1-3-5-13;/h1-11H,12H2,(H,24,25)(H,30,31);1H3. The Labute approximate surface area is 197 Å². The number of carbonyl (C=O) groups excluding carboxylic acids is 1. The summed E-state index contributed by atoms with van der Waals surface area (Å²) in [7, 11) is 0. The van der Waals surface area contributed by atoms with Crippen LogP contribution in [0.2, 0.25) is 5.02 Å². The summed E-state index contributed by atoms with van der Waals surface area (Å²) in [6.07, 6.45) is 0. The number of aromatic nitrogens is 6. The second-order valence-corrected chi connectivity index (χ2v) is 8.29. The van der Waals surface area contributed by atoms with E-state index in [1.807, 2.05) is 42.5 Å². The van der Waals surface area contributed by atoms with Crippen LogP contribution in [0.3, 0.4) is 0 Å². The molecule has 0 saturated carbocycles. The van der Waals surface area contributed by atoms with Gasteiger partial charge in [0.05, 0.1) is 28.6 Å². The minimum atomic E-state index is -1.28. The van der Waals surface area contributed by atoms with Gasteiger partial charge in [0.25, 0.3) is 0 Å². The summed E-state index contributed by atoms with van der Waals surface area (Å²) in [5, 5.41) is 23.2. The summed E-state index contributed by atoms with van der Waals surface area (Å²) in [5.41, 5.74) is 5.59. The van der Waals surface area contributed by atoms with Crippen LogP contribution in [0.4, 0.5) is 0 Å². The maximum Gasteiger partial charge on any atom is 0.217 e. The monoisotopic (exact) mass is 479 g/mol. The molecule has 5 N–H and O–H groups in total. The molecule has 0 spiro atoms. The highest BCUT2D eigenvalue weighted by atomic mass is 35.5. The Balaban J connectivity index is 0.00000259. The third-order valence-electron chi connectivity index (χ3n) is 4.82. The van der Waals surface area contributed by atoms with Crippen molar-refractivity contribution in [2.75, 3.05) is 0 Å². The number of halogens is 1. The first-order chi connectivity index (χ1) is 15.6. The Morgan fingerprint density at radius 2 is 1.73 bits per heavy atom. The summed E-state index contributed by atoms with van der Waals surface area (Å²) >= 11 is 7.69. The van der Waals surface area contributed by atoms with Crippen molar-refractivity contribution in [3.63, 3.8) is 0 Å². The number of aliphatic carboxylic acids is 1. The molecule has 33 heavy (non-hydrogen) atoms. The Morgan fingerprint density at radius 1 is 1.03 bits per heavy atom. The van der Waals surface area contributed by atoms with E-state index in [9.17, 15) is 9.90 Å². The molecule has 5 rings (SSSR count). The number of quaternary nitrogens is 1. The average molecular weight is 480 g/mol. The predicted octanol–water partition coefficient (Wildman–Crippen LogP) is 3.81. The van der Waals surface area contributed by atoms with E-state index in [1.54, 1.807) is 0 Å². The van der Waals surface area contributed by atoms with Gasteiger partial charge in [0.1, 0.15) is 0 Å². The van der Waals surface area contributed by atoms with Crippen molar-refractivity contribution < 1.29 is 9.90 Å². The first-order valence-electron chi connectivity index (χ1n) is 9.56. The van der Waals surface area contributed by atoms with Crippen LogP contribution >= 0.6 is 23.4 Å². The normalized spacial score (nSPS) is 10.8. The van der Waals surface area contributed by atoms with Crippen molar-refractivity contribution in [1.29, 1.82) is 0 Å². The molecule has 0 aliphatic carbocycles. The number of nitrogens with one attached hydrogen (secondary N) is 1. The number of benzene rings is 3. The fourth-order valence-corrected chi connectivity index (χ4v) is 4.36. The van der Waals surface area contributed by atoms with Gasteiger partial charge < -0.3 is 21.0 Å². The Bertz CT molecular complexity index is 1420. The minimum Gasteiger partial charge on any atom is -0.548 e. The molecular weight excluding hydrogens is 462 g/mol. The van der Waals surface area contributed by atoms with E-state index in [-0.39, 0.29) is 11.3 Å². The molecule has 0 fully saturated rings. The van der Waals surface area contributed by atoms with Gasteiger partial charge in [-0.2, -0.15) is 0 Å². The number of hydrogen-bond donors (Lipinski definition) is 2. The van der Waals surface area contributed by atoms with Crippen molar-refractivity contribution in [1.82, 2.24) is 36.3 Å². The molecule has 0 bridgehead atoms. The SMILES string of the molecule is O=C([O-])Cn1nnnc1Sc1nc2cc(-c3ccc(-c4ccccc4)cc3)c(Cl)cc2[nH]1.[NH4+]. The molecule has 0 atom stereocenters. The molecule has 0 aliphatic heterocycles. The third-order valence-corrected chi connectivity index (χ3v) is 5.99. The fraction of sp³-hybridized carbons (Fsp3) is 0.0455. The number of rotatable bonds is 6. The highest BCUT2D eigenvalue weighted by Gasteiger charge is 2.14. The van der Waals surface area contributed by atoms with Crippen molar-refractivity contribution in [2.45, 2.75) is 16.9 Å². The number of tetrazole rings is 1. The zero-order valence-corrected chi connectivity index (χ0v) is 19.0. The molecule has 0 radical (unpaired) electrons. The maximum atomic E-state index is 10.8. The number of hydrogen-bond acceptors (Lipinski definition) is 7. The van der Waals surface area contributed by atoms with Crippen LogP contribution in [0.25, 0.3) is 33.3 Å². The number of aromatic amines is 1. The summed E-state index contributed by atoms with van der Waals surface area (Å²) in [6.45, 7) is -0.440. The van der Waals surface area contributed by atoms with Gasteiger partial charge in [0.15, 0.2) is 5.16 Å². The molecule has 0 amide bonds. The topological polar surface area (TPSA) is 149 Å². The first-order valence-corrected chi connectivity index (χ1v) is 10.8. The molecule has 0 unspecified atom stereocenters. The van der Waals surface area contributed by atoms with Gasteiger partial charge in [-0.15, -0.1) is 5.10 Å². The number of H-pyrrole nitrogens is 1. The van der Waals surface area contributed by atoms with Crippen LogP contribution in [0, 0.1) is 0 Å². The van der Waals surface area contributed by atoms with E-state index >= 15 is 0 Å². The number of carboxylic acid groups (broad SMARTS) is 1. The van der Waals surface area contributed by atoms with Crippen LogP contribution in [-0.4, -0.2) is 36.1 Å². The highest BCUT2D eigenvalue weighted by molar-refractivity contribution is 7.99. The number of imidazole rings is 1. The molecule has 3 aromatic carbocycles. The average Bonchev–Trinajstić information content (AvgIpc) is 3.39. The second kappa shape index (κ2) is 9.41. The predicted molar refractivity (Wildman–Crippen MR) is 125 cm³/mol. The zero-order valence-electron chi connectivity index (χ0n) is 17.4. The van der Waals surface area contributed by atoms with E-state index in [0.717, 1.165) is 49.7 Å². The van der Waals surface area contributed by atoms with Crippen LogP contribution in [-0.2, 0) is 11.3 Å². The maximum absolute atomic E-state index is 10.8. The molecule has 9 nitrogen and oxygen atoms in total. The Kier molecular flexibility index (Phi) is 6.40. The number of nitrogens with zero attached hydrogens (tertiary/aromatic N) is 5. The summed E-state index contributed by atoms with van der Waals surface area (Å²) in [6, 6.07) is 22.1. The number of carbonyl (C=O) groups is 1. The van der Waals surface area contributed by atoms with Gasteiger partial charge in [-0.25, -0.2) is 9.67 Å². The van der Waals surface area contributed by atoms with E-state index in [1.165, 1.54) is 0 Å². The van der Waals surface area contributed by atoms with Crippen LogP contribution in [0.1, 0.15) is 0 Å². The van der Waals surface area contributed by atoms with Gasteiger partial charge in [0, 0.05) is 5.56 Å². The van der Waals surface area contributed by atoms with Gasteiger partial charge in [-0.05, 0) is 51.0 Å². The van der Waals surface area contributed by atoms with Crippen LogP contribution < -0.4 is 11.3 Å². The van der Waals surface area contributed by atoms with Crippen molar-refractivity contribution >= 4 is 40.4 Å². The lowest BCUT2D eigenvalue weighted by Crippen LogP contribution is -2.28. The van der Waals surface area contributed by atoms with E-state index in [2.05, 4.69) is 49.8 Å². The molecule has 2 aromatic heterocycles. The molecule has 0 saturated heterocycles. The molecule has 11 heteroatoms. The quantitative estimate of drug-likeness (QED) is 0.376. The van der Waals surface area contributed by atoms with Crippen molar-refractivity contribution in [3.8, 4) is 22.3 Å². The second-order valence-electron chi connectivity index (χ2n) is 6.93. The van der Waals surface area contributed by atoms with Crippen LogP contribution in [0.5, 0.6) is 0 Å². The lowest BCUT2D eigenvalue weighted by atomic mass is 10.00. The molecule has 166 valence electrons. The number of carboxylic acids is 1. The van der Waals surface area contributed by atoms with E-state index in [4.69, 9.17) is 11.6 Å². The molecule has 2 heterocycles. The minimum absolute atomic E-state index is 0. The van der Waals surface area contributed by atoms with Crippen molar-refractivity contribution in [3.05, 3.63) is 71.8 Å². The highest BCUT2D eigenvalue weighted by Crippen LogP contribution is 2.34. The summed E-state index contributed by atoms with van der Waals surface area (Å²) in [5.74, 6) is -1.28. The van der Waals surface area contributed by atoms with Crippen molar-refractivity contribution in [2.24, 2.45) is 0 Å². The van der Waals surface area contributed by atoms with Crippen LogP contribution in [0.15, 0.2) is 77.0 Å². The largest absolute Gasteiger partial charge is 0.548 e. The van der Waals surface area contributed by atoms with Gasteiger partial charge in [0.2, 0.25) is 5.16 Å². The van der Waals surface area contributed by atoms with Gasteiger partial charge in [-0.3, -0.25) is 0 Å². The molecule has 0 aliphatic rings. The first kappa shape index (κ1) is 22.5. The lowest BCUT2D eigenvalue weighted by molar-refractivity contribution is -0.306. The van der Waals surface area contributed by atoms with E-state index in [0.29, 0.717) is 10.2 Å². The number of fused-ring (bicyclic) bond motifs is 1. The Morgan fingerprint density at radius 3 is 2.45 bits per heavy atom. The molecule has 5 aromatic rings. The Hall–Kier alpha value is -3.73. The molecular formula is C22H18ClN7O2S. The zero-order chi connectivity index (χ0) is 22.1. The van der Waals surface area contributed by atoms with Gasteiger partial charge >= 0.3 is 0 Å². The lowest BCUT2D eigenvalue weighted by Gasteiger charge is -2.07. The fourth-order valence-electron chi connectivity index (χ4n) is 3.33. The summed E-state index contributed by atoms with van der Waals surface area (Å²) < 4.78 is 1.14. The van der Waals surface area contributed by atoms with E-state index < -0.39 is 12.5 Å². The summed E-state index contributed by atoms with van der Waals surface area (Å²) in [4.78, 5) is 18.6. The third kappa shape index (κ3) is 4.72. The smallest absolute Gasteiger partial charge is 0.217 e. The van der Waals surface area contributed by atoms with Gasteiger partial charge in [-0.1, -0.05) is 66.2 Å².